The van der Waals surface area contributed by atoms with Crippen LogP contribution in [0.15, 0.2) is 0 Å². The molecule has 4 atom stereocenters. The summed E-state index contributed by atoms with van der Waals surface area (Å²) in [7, 11) is 0. The summed E-state index contributed by atoms with van der Waals surface area (Å²) >= 11 is 0. The molecule has 0 amide bonds. The van der Waals surface area contributed by atoms with Crippen molar-refractivity contribution >= 4 is 0 Å². The van der Waals surface area contributed by atoms with E-state index in [0.29, 0.717) is 11.5 Å². The highest BCUT2D eigenvalue weighted by Gasteiger charge is 2.46. The van der Waals surface area contributed by atoms with Gasteiger partial charge in [0.2, 0.25) is 0 Å². The van der Waals surface area contributed by atoms with Crippen molar-refractivity contribution in [1.82, 2.24) is 4.90 Å². The fraction of sp³-hybridized carbons (Fsp3) is 1.00. The monoisotopic (exact) mass is 250 g/mol. The summed E-state index contributed by atoms with van der Waals surface area (Å²) < 4.78 is 0. The molecule has 2 N–H and O–H groups in total. The lowest BCUT2D eigenvalue weighted by Gasteiger charge is -2.33. The molecule has 3 aliphatic rings. The van der Waals surface area contributed by atoms with Crippen LogP contribution in [-0.2, 0) is 0 Å². The van der Waals surface area contributed by atoms with Crippen LogP contribution < -0.4 is 5.73 Å². The van der Waals surface area contributed by atoms with Gasteiger partial charge in [-0.25, -0.2) is 0 Å². The fourth-order valence-electron chi connectivity index (χ4n) is 4.69. The van der Waals surface area contributed by atoms with Crippen molar-refractivity contribution in [1.29, 1.82) is 0 Å². The quantitative estimate of drug-likeness (QED) is 0.816. The van der Waals surface area contributed by atoms with E-state index in [1.54, 1.807) is 0 Å². The van der Waals surface area contributed by atoms with Crippen LogP contribution in [0.2, 0.25) is 0 Å². The molecule has 0 spiro atoms. The number of fused-ring (bicyclic) bond motifs is 2. The predicted octanol–water partition coefficient (Wildman–Crippen LogP) is 2.87. The number of hydrogen-bond donors (Lipinski definition) is 1. The van der Waals surface area contributed by atoms with E-state index in [1.807, 2.05) is 0 Å². The summed E-state index contributed by atoms with van der Waals surface area (Å²) in [5.41, 5.74) is 7.01. The van der Waals surface area contributed by atoms with Gasteiger partial charge in [0.05, 0.1) is 0 Å². The molecule has 0 aromatic carbocycles. The summed E-state index contributed by atoms with van der Waals surface area (Å²) in [6.07, 6.45) is 8.45. The lowest BCUT2D eigenvalue weighted by molar-refractivity contribution is 0.173. The van der Waals surface area contributed by atoms with Crippen molar-refractivity contribution in [3.05, 3.63) is 0 Å². The molecular weight excluding hydrogens is 220 g/mol. The summed E-state index contributed by atoms with van der Waals surface area (Å²) in [5.74, 6) is 2.63. The molecule has 18 heavy (non-hydrogen) atoms. The van der Waals surface area contributed by atoms with Crippen molar-refractivity contribution in [2.75, 3.05) is 19.6 Å². The molecule has 1 aliphatic heterocycles. The molecule has 1 saturated heterocycles. The van der Waals surface area contributed by atoms with Crippen LogP contribution in [0.25, 0.3) is 0 Å². The Labute approximate surface area is 112 Å². The minimum atomic E-state index is 0.514. The van der Waals surface area contributed by atoms with Crippen molar-refractivity contribution in [3.63, 3.8) is 0 Å². The molecule has 2 nitrogen and oxygen atoms in total. The van der Waals surface area contributed by atoms with E-state index in [4.69, 9.17) is 5.73 Å². The van der Waals surface area contributed by atoms with Gasteiger partial charge in [-0.3, -0.25) is 0 Å². The zero-order chi connectivity index (χ0) is 12.8. The van der Waals surface area contributed by atoms with E-state index in [1.165, 1.54) is 58.2 Å². The minimum Gasteiger partial charge on any atom is -0.327 e. The maximum Gasteiger partial charge on any atom is 0.0111 e. The Bertz CT molecular complexity index is 297. The third-order valence-electron chi connectivity index (χ3n) is 6.06. The van der Waals surface area contributed by atoms with Crippen LogP contribution in [0.4, 0.5) is 0 Å². The predicted molar refractivity (Wildman–Crippen MR) is 76.4 cm³/mol. The van der Waals surface area contributed by atoms with Crippen LogP contribution in [-0.4, -0.2) is 30.6 Å². The molecule has 0 aromatic rings. The lowest BCUT2D eigenvalue weighted by atomic mass is 9.84. The molecule has 4 unspecified atom stereocenters. The van der Waals surface area contributed by atoms with Gasteiger partial charge in [0.15, 0.2) is 0 Å². The third-order valence-corrected chi connectivity index (χ3v) is 6.06. The van der Waals surface area contributed by atoms with E-state index in [0.717, 1.165) is 17.8 Å². The molecule has 1 heterocycles. The molecule has 3 rings (SSSR count). The molecule has 2 heteroatoms. The van der Waals surface area contributed by atoms with Gasteiger partial charge in [0, 0.05) is 12.6 Å². The Morgan fingerprint density at radius 1 is 1.11 bits per heavy atom. The summed E-state index contributed by atoms with van der Waals surface area (Å²) in [6.45, 7) is 8.76. The third kappa shape index (κ3) is 2.46. The Balaban J connectivity index is 1.57. The second-order valence-electron chi connectivity index (χ2n) is 7.89. The lowest BCUT2D eigenvalue weighted by Crippen LogP contribution is -2.43. The van der Waals surface area contributed by atoms with Gasteiger partial charge in [-0.2, -0.15) is 0 Å². The van der Waals surface area contributed by atoms with Gasteiger partial charge >= 0.3 is 0 Å². The largest absolute Gasteiger partial charge is 0.327 e. The average molecular weight is 250 g/mol. The number of rotatable bonds is 2. The van der Waals surface area contributed by atoms with Gasteiger partial charge < -0.3 is 10.6 Å². The van der Waals surface area contributed by atoms with Crippen molar-refractivity contribution in [2.45, 2.75) is 58.4 Å². The Kier molecular flexibility index (Phi) is 3.44. The number of nitrogens with zero attached hydrogens (tertiary/aromatic N) is 1. The van der Waals surface area contributed by atoms with Gasteiger partial charge in [0.25, 0.3) is 0 Å². The standard InChI is InChI=1S/C16H30N2/c1-16(2)6-3-8-18(9-7-16)11-14-12-4-5-13(10-12)15(14)17/h12-15H,3-11,17H2,1-2H3. The maximum atomic E-state index is 6.45. The SMILES string of the molecule is CC1(C)CCCN(CC2C3CCC(C3)C2N)CC1. The Hall–Kier alpha value is -0.0800. The van der Waals surface area contributed by atoms with Crippen LogP contribution in [0, 0.1) is 23.2 Å². The Morgan fingerprint density at radius 3 is 2.61 bits per heavy atom. The minimum absolute atomic E-state index is 0.514. The maximum absolute atomic E-state index is 6.45. The van der Waals surface area contributed by atoms with E-state index >= 15 is 0 Å². The van der Waals surface area contributed by atoms with E-state index in [2.05, 4.69) is 18.7 Å². The average Bonchev–Trinajstić information content (AvgIpc) is 2.84. The zero-order valence-corrected chi connectivity index (χ0v) is 12.2. The number of hydrogen-bond acceptors (Lipinski definition) is 2. The van der Waals surface area contributed by atoms with E-state index in [-0.39, 0.29) is 0 Å². The van der Waals surface area contributed by atoms with Crippen LogP contribution in [0.1, 0.15) is 52.4 Å². The molecule has 2 bridgehead atoms. The van der Waals surface area contributed by atoms with Gasteiger partial charge in [-0.05, 0) is 74.8 Å². The second kappa shape index (κ2) is 4.79. The first-order chi connectivity index (χ1) is 8.55. The fourth-order valence-corrected chi connectivity index (χ4v) is 4.69. The van der Waals surface area contributed by atoms with Crippen molar-refractivity contribution in [2.24, 2.45) is 28.9 Å². The van der Waals surface area contributed by atoms with Crippen LogP contribution in [0.3, 0.4) is 0 Å². The second-order valence-corrected chi connectivity index (χ2v) is 7.89. The van der Waals surface area contributed by atoms with Gasteiger partial charge in [-0.15, -0.1) is 0 Å². The van der Waals surface area contributed by atoms with E-state index in [9.17, 15) is 0 Å². The van der Waals surface area contributed by atoms with Crippen LogP contribution >= 0.6 is 0 Å². The molecule has 0 aromatic heterocycles. The highest BCUT2D eigenvalue weighted by atomic mass is 15.1. The highest BCUT2D eigenvalue weighted by Crippen LogP contribution is 2.48. The first kappa shape index (κ1) is 12.9. The Morgan fingerprint density at radius 2 is 1.89 bits per heavy atom. The molecule has 104 valence electrons. The molecule has 2 saturated carbocycles. The highest BCUT2D eigenvalue weighted by molar-refractivity contribution is 5.00. The molecule has 2 aliphatic carbocycles. The van der Waals surface area contributed by atoms with Crippen molar-refractivity contribution < 1.29 is 0 Å². The summed E-state index contributed by atoms with van der Waals surface area (Å²) in [6, 6.07) is 0.514. The van der Waals surface area contributed by atoms with E-state index < -0.39 is 0 Å². The zero-order valence-electron chi connectivity index (χ0n) is 12.2. The van der Waals surface area contributed by atoms with Crippen LogP contribution in [0.5, 0.6) is 0 Å². The number of likely N-dealkylation sites (tertiary alicyclic amines) is 1. The molecule has 3 fully saturated rings. The van der Waals surface area contributed by atoms with Gasteiger partial charge in [0.1, 0.15) is 0 Å². The van der Waals surface area contributed by atoms with Crippen molar-refractivity contribution in [3.8, 4) is 0 Å². The molecule has 0 radical (unpaired) electrons. The number of nitrogens with two attached hydrogens (primary N) is 1. The first-order valence-corrected chi connectivity index (χ1v) is 8.03. The topological polar surface area (TPSA) is 29.3 Å². The van der Waals surface area contributed by atoms with Gasteiger partial charge in [-0.1, -0.05) is 13.8 Å². The normalized spacial score (nSPS) is 44.2. The summed E-state index contributed by atoms with van der Waals surface area (Å²) in [4.78, 5) is 2.72. The summed E-state index contributed by atoms with van der Waals surface area (Å²) in [5, 5.41) is 0. The molecular formula is C16H30N2. The first-order valence-electron chi connectivity index (χ1n) is 8.03. The smallest absolute Gasteiger partial charge is 0.0111 e.